The fourth-order valence-electron chi connectivity index (χ4n) is 2.79. The average Bonchev–Trinajstić information content (AvgIpc) is 2.53. The minimum Gasteiger partial charge on any atom is -0.269 e. The molecule has 0 atom stereocenters. The first-order chi connectivity index (χ1) is 10.7. The molecule has 2 aromatic carbocycles. The molecule has 0 aliphatic rings. The van der Waals surface area contributed by atoms with E-state index in [-0.39, 0.29) is 5.56 Å². The standard InChI is InChI=1S/C19H14N2O/c1-13-9-10-21-18(11-13)20-17(12-19(21)22)16-8-4-6-14-5-2-3-7-15(14)16/h2-12H,1H3. The summed E-state index contributed by atoms with van der Waals surface area (Å²) in [6, 6.07) is 19.7. The van der Waals surface area contributed by atoms with E-state index in [2.05, 4.69) is 23.2 Å². The molecule has 0 amide bonds. The van der Waals surface area contributed by atoms with E-state index in [1.54, 1.807) is 16.7 Å². The Balaban J connectivity index is 2.06. The van der Waals surface area contributed by atoms with E-state index in [4.69, 9.17) is 0 Å². The van der Waals surface area contributed by atoms with Gasteiger partial charge in [0, 0.05) is 17.8 Å². The summed E-state index contributed by atoms with van der Waals surface area (Å²) in [6.45, 7) is 2.00. The number of fused-ring (bicyclic) bond motifs is 2. The van der Waals surface area contributed by atoms with Gasteiger partial charge in [-0.05, 0) is 35.4 Å². The lowest BCUT2D eigenvalue weighted by Gasteiger charge is -2.08. The first-order valence-corrected chi connectivity index (χ1v) is 7.20. The second-order valence-electron chi connectivity index (χ2n) is 5.44. The number of aromatic nitrogens is 2. The molecule has 0 unspecified atom stereocenters. The average molecular weight is 286 g/mol. The third kappa shape index (κ3) is 1.99. The van der Waals surface area contributed by atoms with E-state index < -0.39 is 0 Å². The van der Waals surface area contributed by atoms with Gasteiger partial charge < -0.3 is 0 Å². The minimum atomic E-state index is -0.0621. The predicted molar refractivity (Wildman–Crippen MR) is 89.1 cm³/mol. The second-order valence-corrected chi connectivity index (χ2v) is 5.44. The van der Waals surface area contributed by atoms with Gasteiger partial charge in [-0.25, -0.2) is 4.98 Å². The van der Waals surface area contributed by atoms with Crippen LogP contribution >= 0.6 is 0 Å². The maximum atomic E-state index is 12.3. The van der Waals surface area contributed by atoms with E-state index in [1.165, 1.54) is 0 Å². The molecule has 0 saturated carbocycles. The largest absolute Gasteiger partial charge is 0.269 e. The Hall–Kier alpha value is -2.94. The van der Waals surface area contributed by atoms with Crippen molar-refractivity contribution >= 4 is 16.4 Å². The quantitative estimate of drug-likeness (QED) is 0.533. The zero-order chi connectivity index (χ0) is 15.1. The number of rotatable bonds is 1. The van der Waals surface area contributed by atoms with Gasteiger partial charge in [-0.2, -0.15) is 0 Å². The van der Waals surface area contributed by atoms with Gasteiger partial charge in [0.15, 0.2) is 0 Å². The van der Waals surface area contributed by atoms with Gasteiger partial charge in [0.25, 0.3) is 5.56 Å². The van der Waals surface area contributed by atoms with Crippen molar-refractivity contribution in [2.45, 2.75) is 6.92 Å². The molecule has 0 aliphatic heterocycles. The highest BCUT2D eigenvalue weighted by atomic mass is 16.1. The van der Waals surface area contributed by atoms with Crippen molar-refractivity contribution in [3.63, 3.8) is 0 Å². The summed E-state index contributed by atoms with van der Waals surface area (Å²) in [4.78, 5) is 17.0. The van der Waals surface area contributed by atoms with Crippen molar-refractivity contribution in [1.82, 2.24) is 9.38 Å². The maximum Gasteiger partial charge on any atom is 0.258 e. The highest BCUT2D eigenvalue weighted by molar-refractivity contribution is 5.95. The van der Waals surface area contributed by atoms with E-state index in [0.29, 0.717) is 11.3 Å². The molecule has 0 fully saturated rings. The molecule has 0 bridgehead atoms. The molecule has 4 rings (SSSR count). The lowest BCUT2D eigenvalue weighted by atomic mass is 10.0. The van der Waals surface area contributed by atoms with Gasteiger partial charge in [-0.1, -0.05) is 42.5 Å². The summed E-state index contributed by atoms with van der Waals surface area (Å²) >= 11 is 0. The van der Waals surface area contributed by atoms with Crippen LogP contribution in [0.25, 0.3) is 27.7 Å². The Labute approximate surface area is 127 Å². The second kappa shape index (κ2) is 4.81. The van der Waals surface area contributed by atoms with Gasteiger partial charge in [-0.15, -0.1) is 0 Å². The third-order valence-corrected chi connectivity index (χ3v) is 3.89. The Morgan fingerprint density at radius 2 is 1.77 bits per heavy atom. The predicted octanol–water partition coefficient (Wildman–Crippen LogP) is 3.82. The summed E-state index contributed by atoms with van der Waals surface area (Å²) < 4.78 is 1.57. The van der Waals surface area contributed by atoms with Crippen LogP contribution in [-0.4, -0.2) is 9.38 Å². The lowest BCUT2D eigenvalue weighted by molar-refractivity contribution is 1.04. The van der Waals surface area contributed by atoms with Gasteiger partial charge in [0.1, 0.15) is 5.65 Å². The number of hydrogen-bond acceptors (Lipinski definition) is 2. The Morgan fingerprint density at radius 3 is 2.68 bits per heavy atom. The molecular formula is C19H14N2O. The molecule has 2 heterocycles. The van der Waals surface area contributed by atoms with E-state index >= 15 is 0 Å². The van der Waals surface area contributed by atoms with E-state index in [0.717, 1.165) is 21.9 Å². The van der Waals surface area contributed by atoms with Gasteiger partial charge >= 0.3 is 0 Å². The van der Waals surface area contributed by atoms with Gasteiger partial charge in [0.2, 0.25) is 0 Å². The maximum absolute atomic E-state index is 12.3. The molecular weight excluding hydrogens is 272 g/mol. The molecule has 3 nitrogen and oxygen atoms in total. The first kappa shape index (κ1) is 12.8. The number of nitrogens with zero attached hydrogens (tertiary/aromatic N) is 2. The van der Waals surface area contributed by atoms with Crippen molar-refractivity contribution in [3.8, 4) is 11.3 Å². The summed E-state index contributed by atoms with van der Waals surface area (Å²) in [5, 5.41) is 2.25. The minimum absolute atomic E-state index is 0.0621. The molecule has 0 aliphatic carbocycles. The lowest BCUT2D eigenvalue weighted by Crippen LogP contribution is -2.14. The van der Waals surface area contributed by atoms with Crippen LogP contribution in [0, 0.1) is 6.92 Å². The van der Waals surface area contributed by atoms with Crippen molar-refractivity contribution in [1.29, 1.82) is 0 Å². The van der Waals surface area contributed by atoms with Crippen molar-refractivity contribution < 1.29 is 0 Å². The molecule has 0 radical (unpaired) electrons. The molecule has 0 saturated heterocycles. The smallest absolute Gasteiger partial charge is 0.258 e. The highest BCUT2D eigenvalue weighted by Gasteiger charge is 2.08. The first-order valence-electron chi connectivity index (χ1n) is 7.20. The molecule has 0 spiro atoms. The summed E-state index contributed by atoms with van der Waals surface area (Å²) in [7, 11) is 0. The fourth-order valence-corrected chi connectivity index (χ4v) is 2.79. The number of aryl methyl sites for hydroxylation is 1. The molecule has 2 aromatic heterocycles. The normalized spacial score (nSPS) is 11.1. The van der Waals surface area contributed by atoms with Crippen LogP contribution in [0.3, 0.4) is 0 Å². The fraction of sp³-hybridized carbons (Fsp3) is 0.0526. The SMILES string of the molecule is Cc1ccn2c(=O)cc(-c3cccc4ccccc34)nc2c1. The van der Waals surface area contributed by atoms with Crippen molar-refractivity contribution in [2.75, 3.05) is 0 Å². The van der Waals surface area contributed by atoms with Crippen LogP contribution in [-0.2, 0) is 0 Å². The van der Waals surface area contributed by atoms with Crippen LogP contribution in [0.15, 0.2) is 71.7 Å². The summed E-state index contributed by atoms with van der Waals surface area (Å²) in [6.07, 6.45) is 1.77. The van der Waals surface area contributed by atoms with Crippen LogP contribution in [0.5, 0.6) is 0 Å². The summed E-state index contributed by atoms with van der Waals surface area (Å²) in [5.41, 5.74) is 3.40. The van der Waals surface area contributed by atoms with E-state index in [1.807, 2.05) is 43.3 Å². The number of hydrogen-bond donors (Lipinski definition) is 0. The van der Waals surface area contributed by atoms with Crippen molar-refractivity contribution in [3.05, 3.63) is 82.8 Å². The molecule has 4 aromatic rings. The van der Waals surface area contributed by atoms with Gasteiger partial charge in [-0.3, -0.25) is 9.20 Å². The van der Waals surface area contributed by atoms with Gasteiger partial charge in [0.05, 0.1) is 5.69 Å². The Kier molecular flexibility index (Phi) is 2.79. The van der Waals surface area contributed by atoms with Crippen LogP contribution < -0.4 is 5.56 Å². The zero-order valence-corrected chi connectivity index (χ0v) is 12.2. The molecule has 0 N–H and O–H groups in total. The van der Waals surface area contributed by atoms with Crippen LogP contribution in [0.2, 0.25) is 0 Å². The molecule has 3 heteroatoms. The third-order valence-electron chi connectivity index (χ3n) is 3.89. The monoisotopic (exact) mass is 286 g/mol. The summed E-state index contributed by atoms with van der Waals surface area (Å²) in [5.74, 6) is 0. The van der Waals surface area contributed by atoms with Crippen LogP contribution in [0.1, 0.15) is 5.56 Å². The molecule has 22 heavy (non-hydrogen) atoms. The number of pyridine rings is 1. The van der Waals surface area contributed by atoms with Crippen molar-refractivity contribution in [2.24, 2.45) is 0 Å². The topological polar surface area (TPSA) is 34.4 Å². The Morgan fingerprint density at radius 1 is 0.955 bits per heavy atom. The highest BCUT2D eigenvalue weighted by Crippen LogP contribution is 2.26. The molecule has 106 valence electrons. The Bertz CT molecular complexity index is 1060. The zero-order valence-electron chi connectivity index (χ0n) is 12.2. The van der Waals surface area contributed by atoms with Crippen LogP contribution in [0.4, 0.5) is 0 Å². The van der Waals surface area contributed by atoms with E-state index in [9.17, 15) is 4.79 Å². The number of benzene rings is 2.